The van der Waals surface area contributed by atoms with Crippen molar-refractivity contribution >= 4 is 21.6 Å². The maximum absolute atomic E-state index is 9.84. The summed E-state index contributed by atoms with van der Waals surface area (Å²) >= 11 is 1.50. The third-order valence-electron chi connectivity index (χ3n) is 5.66. The zero-order valence-electron chi connectivity index (χ0n) is 20.5. The van der Waals surface area contributed by atoms with E-state index in [4.69, 9.17) is 14.2 Å². The van der Waals surface area contributed by atoms with Gasteiger partial charge in [0.1, 0.15) is 17.5 Å². The summed E-state index contributed by atoms with van der Waals surface area (Å²) in [4.78, 5) is 15.7. The Morgan fingerprint density at radius 2 is 1.67 bits per heavy atom. The van der Waals surface area contributed by atoms with Gasteiger partial charge in [0.15, 0.2) is 0 Å². The molecule has 2 aromatic heterocycles. The molecule has 4 aromatic rings. The Labute approximate surface area is 215 Å². The van der Waals surface area contributed by atoms with Crippen LogP contribution >= 0.6 is 11.3 Å². The lowest BCUT2D eigenvalue weighted by atomic mass is 10.1. The highest BCUT2D eigenvalue weighted by Crippen LogP contribution is 2.31. The van der Waals surface area contributed by atoms with Crippen molar-refractivity contribution in [1.29, 1.82) is 5.26 Å². The molecule has 0 spiro atoms. The number of ether oxygens (including phenoxy) is 3. The molecule has 9 heteroatoms. The van der Waals surface area contributed by atoms with Crippen LogP contribution in [0.15, 0.2) is 60.8 Å². The Hall–Kier alpha value is -3.42. The topological polar surface area (TPSA) is 93.4 Å². The van der Waals surface area contributed by atoms with Gasteiger partial charge in [0, 0.05) is 40.1 Å². The summed E-state index contributed by atoms with van der Waals surface area (Å²) in [5.74, 6) is -0.578. The van der Waals surface area contributed by atoms with Crippen LogP contribution in [0.4, 0.5) is 0 Å². The lowest BCUT2D eigenvalue weighted by Gasteiger charge is -2.21. The van der Waals surface area contributed by atoms with Crippen molar-refractivity contribution in [2.24, 2.45) is 0 Å². The van der Waals surface area contributed by atoms with Crippen LogP contribution in [0.2, 0.25) is 0 Å². The van der Waals surface area contributed by atoms with Crippen LogP contribution in [0, 0.1) is 11.3 Å². The number of para-hydroxylation sites is 1. The largest absolute Gasteiger partial charge is 0.459 e. The van der Waals surface area contributed by atoms with Crippen LogP contribution in [-0.2, 0) is 22.6 Å². The van der Waals surface area contributed by atoms with Crippen molar-refractivity contribution in [3.8, 4) is 12.1 Å². The minimum Gasteiger partial charge on any atom is -0.459 e. The Morgan fingerprint density at radius 3 is 2.36 bits per heavy atom. The molecular formula is C27H29N5O3S. The molecule has 1 atom stereocenters. The number of nitriles is 1. The quantitative estimate of drug-likeness (QED) is 0.265. The van der Waals surface area contributed by atoms with Crippen molar-refractivity contribution in [2.75, 3.05) is 40.5 Å². The molecule has 0 bridgehead atoms. The van der Waals surface area contributed by atoms with E-state index in [0.717, 1.165) is 35.4 Å². The zero-order chi connectivity index (χ0) is 25.2. The van der Waals surface area contributed by atoms with E-state index < -0.39 is 5.92 Å². The lowest BCUT2D eigenvalue weighted by molar-refractivity contribution is 0.110. The van der Waals surface area contributed by atoms with Gasteiger partial charge < -0.3 is 14.2 Å². The molecule has 36 heavy (non-hydrogen) atoms. The van der Waals surface area contributed by atoms with Gasteiger partial charge in [-0.05, 0) is 29.3 Å². The predicted octanol–water partition coefficient (Wildman–Crippen LogP) is 4.42. The molecule has 186 valence electrons. The molecule has 2 aromatic carbocycles. The van der Waals surface area contributed by atoms with E-state index in [1.54, 1.807) is 26.5 Å². The van der Waals surface area contributed by atoms with Crippen LogP contribution in [0.5, 0.6) is 6.01 Å². The normalized spacial score (nSPS) is 12.1. The van der Waals surface area contributed by atoms with E-state index in [1.807, 2.05) is 36.4 Å². The monoisotopic (exact) mass is 503 g/mol. The fourth-order valence-electron chi connectivity index (χ4n) is 3.70. The van der Waals surface area contributed by atoms with Crippen LogP contribution in [-0.4, -0.2) is 60.4 Å². The molecule has 0 aliphatic heterocycles. The Morgan fingerprint density at radius 1 is 0.944 bits per heavy atom. The average molecular weight is 504 g/mol. The number of fused-ring (bicyclic) bond motifs is 1. The number of hydrogen-bond donors (Lipinski definition) is 0. The fraction of sp³-hybridized carbons (Fsp3) is 0.333. The first kappa shape index (κ1) is 25.7. The Bertz CT molecular complexity index is 1250. The first-order chi connectivity index (χ1) is 17.7. The van der Waals surface area contributed by atoms with Crippen molar-refractivity contribution in [1.82, 2.24) is 19.9 Å². The zero-order valence-corrected chi connectivity index (χ0v) is 21.3. The summed E-state index contributed by atoms with van der Waals surface area (Å²) < 4.78 is 17.3. The SMILES string of the molecule is COCCN(CCOC)Cc1ccc(COc2nccc(C(C#N)c3nc4ccccc4s3)n2)cc1. The predicted molar refractivity (Wildman–Crippen MR) is 139 cm³/mol. The molecule has 2 heterocycles. The molecule has 0 aliphatic carbocycles. The maximum Gasteiger partial charge on any atom is 0.316 e. The van der Waals surface area contributed by atoms with Crippen molar-refractivity contribution < 1.29 is 14.2 Å². The minimum atomic E-state index is -0.578. The second-order valence-electron chi connectivity index (χ2n) is 8.21. The molecule has 0 fully saturated rings. The van der Waals surface area contributed by atoms with Crippen LogP contribution < -0.4 is 4.74 Å². The highest BCUT2D eigenvalue weighted by Gasteiger charge is 2.20. The highest BCUT2D eigenvalue weighted by molar-refractivity contribution is 7.18. The van der Waals surface area contributed by atoms with E-state index in [1.165, 1.54) is 16.9 Å². The molecule has 0 saturated carbocycles. The summed E-state index contributed by atoms with van der Waals surface area (Å²) in [5, 5.41) is 10.6. The number of rotatable bonds is 13. The van der Waals surface area contributed by atoms with Crippen molar-refractivity contribution in [3.05, 3.63) is 82.6 Å². The van der Waals surface area contributed by atoms with Crippen molar-refractivity contribution in [3.63, 3.8) is 0 Å². The maximum atomic E-state index is 9.84. The third kappa shape index (κ3) is 6.83. The van der Waals surface area contributed by atoms with Crippen LogP contribution in [0.25, 0.3) is 10.2 Å². The summed E-state index contributed by atoms with van der Waals surface area (Å²) in [7, 11) is 3.42. The van der Waals surface area contributed by atoms with E-state index in [2.05, 4.69) is 38.1 Å². The number of thiazole rings is 1. The molecule has 4 rings (SSSR count). The second kappa shape index (κ2) is 13.0. The van der Waals surface area contributed by atoms with Gasteiger partial charge >= 0.3 is 6.01 Å². The number of benzene rings is 2. The summed E-state index contributed by atoms with van der Waals surface area (Å²) in [6.45, 7) is 4.21. The van der Waals surface area contributed by atoms with Gasteiger partial charge in [-0.15, -0.1) is 11.3 Å². The molecule has 1 unspecified atom stereocenters. The molecular weight excluding hydrogens is 474 g/mol. The Balaban J connectivity index is 1.38. The number of hydrogen-bond acceptors (Lipinski definition) is 9. The smallest absolute Gasteiger partial charge is 0.316 e. The fourth-order valence-corrected chi connectivity index (χ4v) is 4.73. The molecule has 0 amide bonds. The van der Waals surface area contributed by atoms with Crippen LogP contribution in [0.3, 0.4) is 0 Å². The Kier molecular flexibility index (Phi) is 9.30. The number of nitrogens with zero attached hydrogens (tertiary/aromatic N) is 5. The number of methoxy groups -OCH3 is 2. The summed E-state index contributed by atoms with van der Waals surface area (Å²) in [6, 6.07) is 20.4. The molecule has 0 saturated heterocycles. The van der Waals surface area contributed by atoms with E-state index in [9.17, 15) is 5.26 Å². The van der Waals surface area contributed by atoms with Gasteiger partial charge in [0.25, 0.3) is 0 Å². The van der Waals surface area contributed by atoms with Crippen molar-refractivity contribution in [2.45, 2.75) is 19.1 Å². The van der Waals surface area contributed by atoms with Gasteiger partial charge in [-0.1, -0.05) is 36.4 Å². The van der Waals surface area contributed by atoms with Gasteiger partial charge in [0.05, 0.1) is 35.2 Å². The molecule has 0 radical (unpaired) electrons. The van der Waals surface area contributed by atoms with Gasteiger partial charge in [-0.25, -0.2) is 9.97 Å². The molecule has 0 aliphatic rings. The third-order valence-corrected chi connectivity index (χ3v) is 6.76. The molecule has 0 N–H and O–H groups in total. The first-order valence-electron chi connectivity index (χ1n) is 11.7. The van der Waals surface area contributed by atoms with E-state index in [-0.39, 0.29) is 6.01 Å². The second-order valence-corrected chi connectivity index (χ2v) is 9.28. The lowest BCUT2D eigenvalue weighted by Crippen LogP contribution is -2.30. The summed E-state index contributed by atoms with van der Waals surface area (Å²) in [6.07, 6.45) is 1.62. The summed E-state index contributed by atoms with van der Waals surface area (Å²) in [5.41, 5.74) is 3.67. The standard InChI is InChI=1S/C27H29N5O3S/c1-33-15-13-32(14-16-34-2)18-20-7-9-21(10-8-20)19-35-27-29-12-11-23(31-27)22(17-28)26-30-24-5-3-4-6-25(24)36-26/h3-12,22H,13-16,18-19H2,1-2H3. The molecule has 8 nitrogen and oxygen atoms in total. The van der Waals surface area contributed by atoms with Gasteiger partial charge in [0.2, 0.25) is 0 Å². The first-order valence-corrected chi connectivity index (χ1v) is 12.5. The van der Waals surface area contributed by atoms with Crippen LogP contribution in [0.1, 0.15) is 27.7 Å². The van der Waals surface area contributed by atoms with Gasteiger partial charge in [-0.2, -0.15) is 10.2 Å². The van der Waals surface area contributed by atoms with E-state index in [0.29, 0.717) is 30.5 Å². The average Bonchev–Trinajstić information content (AvgIpc) is 3.34. The van der Waals surface area contributed by atoms with Gasteiger partial charge in [-0.3, -0.25) is 4.90 Å². The number of aromatic nitrogens is 3. The minimum absolute atomic E-state index is 0.239. The highest BCUT2D eigenvalue weighted by atomic mass is 32.1. The van der Waals surface area contributed by atoms with E-state index >= 15 is 0 Å².